The van der Waals surface area contributed by atoms with E-state index in [1.54, 1.807) is 24.3 Å². The Labute approximate surface area is 367 Å². The van der Waals surface area contributed by atoms with E-state index in [0.29, 0.717) is 30.1 Å². The zero-order chi connectivity index (χ0) is 43.8. The van der Waals surface area contributed by atoms with Crippen LogP contribution >= 0.6 is 22.7 Å². The van der Waals surface area contributed by atoms with Crippen molar-refractivity contribution >= 4 is 50.7 Å². The predicted molar refractivity (Wildman–Crippen MR) is 226 cm³/mol. The van der Waals surface area contributed by atoms with E-state index in [2.05, 4.69) is 15.6 Å². The number of thiazole rings is 1. The van der Waals surface area contributed by atoms with Gasteiger partial charge in [-0.3, -0.25) is 4.79 Å². The maximum absolute atomic E-state index is 14.6. The van der Waals surface area contributed by atoms with Gasteiger partial charge in [-0.1, -0.05) is 32.0 Å². The van der Waals surface area contributed by atoms with Gasteiger partial charge in [0.25, 0.3) is 0 Å². The molecule has 0 bridgehead atoms. The van der Waals surface area contributed by atoms with Crippen LogP contribution in [0.3, 0.4) is 0 Å². The minimum atomic E-state index is -4.36. The number of carboxylic acid groups (broad SMARTS) is 1. The number of hydrogen-bond acceptors (Lipinski definition) is 15. The Balaban J connectivity index is 1.21. The summed E-state index contributed by atoms with van der Waals surface area (Å²) >= 11 is 2.96. The molecule has 4 aromatic rings. The number of aliphatic carboxylic acids is 1. The molecule has 334 valence electrons. The lowest BCUT2D eigenvalue weighted by Crippen LogP contribution is -2.55. The van der Waals surface area contributed by atoms with Gasteiger partial charge in [0, 0.05) is 41.4 Å². The maximum atomic E-state index is 14.6. The number of carboxylic acids is 1. The Bertz CT molecular complexity index is 2250. The molecule has 5 heterocycles. The Kier molecular flexibility index (Phi) is 15.0. The van der Waals surface area contributed by atoms with E-state index in [0.717, 1.165) is 15.6 Å². The number of rotatable bonds is 21. The van der Waals surface area contributed by atoms with Gasteiger partial charge in [-0.05, 0) is 67.0 Å². The average molecular weight is 915 g/mol. The molecule has 0 radical (unpaired) electrons. The third-order valence-electron chi connectivity index (χ3n) is 10.5. The molecule has 2 unspecified atom stereocenters. The van der Waals surface area contributed by atoms with Crippen molar-refractivity contribution in [1.29, 1.82) is 0 Å². The van der Waals surface area contributed by atoms with E-state index in [1.807, 2.05) is 43.7 Å². The zero-order valence-corrected chi connectivity index (χ0v) is 36.9. The minimum absolute atomic E-state index is 0.00103. The lowest BCUT2D eigenvalue weighted by Gasteiger charge is -2.36. The normalized spacial score (nSPS) is 19.5. The number of aromatic nitrogens is 1. The first-order valence-corrected chi connectivity index (χ1v) is 23.4. The SMILES string of the molecule is Cc1nc(COc2ccc(CC(NC(=O)O[C@H]3CO[C@H]4OCC[C@H]43)C(CN(CC(C)C)S(=O)(=O)c3ccc4c(c3)OCO4)[C@H](OCC(=O)NCc3cccs3)C(=O)O)cc2)cs1. The highest BCUT2D eigenvalue weighted by Gasteiger charge is 2.45. The van der Waals surface area contributed by atoms with E-state index in [-0.39, 0.29) is 62.0 Å². The molecule has 0 saturated carbocycles. The molecule has 20 heteroatoms. The lowest BCUT2D eigenvalue weighted by molar-refractivity contribution is -0.157. The number of hydrogen-bond donors (Lipinski definition) is 3. The molecule has 2 aromatic heterocycles. The second-order valence-electron chi connectivity index (χ2n) is 15.5. The fourth-order valence-electron chi connectivity index (χ4n) is 7.51. The molecule has 3 aliphatic heterocycles. The van der Waals surface area contributed by atoms with Gasteiger partial charge in [0.15, 0.2) is 23.9 Å². The van der Waals surface area contributed by atoms with Crippen LogP contribution < -0.4 is 24.8 Å². The smallest absolute Gasteiger partial charge is 0.407 e. The first kappa shape index (κ1) is 45.2. The van der Waals surface area contributed by atoms with Gasteiger partial charge in [-0.2, -0.15) is 4.31 Å². The largest absolute Gasteiger partial charge is 0.487 e. The quantitative estimate of drug-likeness (QED) is 0.101. The molecular weight excluding hydrogens is 865 g/mol. The number of benzene rings is 2. The Morgan fingerprint density at radius 2 is 1.84 bits per heavy atom. The second kappa shape index (κ2) is 20.6. The number of nitrogens with one attached hydrogen (secondary N) is 2. The van der Waals surface area contributed by atoms with Crippen LogP contribution in [0.1, 0.15) is 41.4 Å². The van der Waals surface area contributed by atoms with Crippen molar-refractivity contribution in [2.24, 2.45) is 17.8 Å². The van der Waals surface area contributed by atoms with Crippen molar-refractivity contribution in [2.75, 3.05) is 39.7 Å². The summed E-state index contributed by atoms with van der Waals surface area (Å²) in [7, 11) is -4.36. The van der Waals surface area contributed by atoms with Crippen LogP contribution in [0.15, 0.2) is 70.3 Å². The molecule has 0 spiro atoms. The number of carbonyl (C=O) groups excluding carboxylic acids is 2. The highest BCUT2D eigenvalue weighted by atomic mass is 32.2. The molecule has 3 aliphatic rings. The monoisotopic (exact) mass is 914 g/mol. The highest BCUT2D eigenvalue weighted by Crippen LogP contribution is 2.36. The molecule has 3 N–H and O–H groups in total. The summed E-state index contributed by atoms with van der Waals surface area (Å²) in [6, 6.07) is 13.8. The number of amides is 2. The number of ether oxygens (including phenoxy) is 7. The van der Waals surface area contributed by atoms with Crippen molar-refractivity contribution in [3.63, 3.8) is 0 Å². The standard InChI is InChI=1S/C42H50N4O13S3/c1-25(2)18-46(62(51,52)31-10-11-35-36(16-31)58-24-57-35)19-33(39(40(48)49)55-22-38(47)43-17-30-5-4-14-60-30)34(45-42(50)59-37-21-56-41-32(37)12-13-53-41)15-27-6-8-29(9-7-27)54-20-28-23-61-26(3)44-28/h4-11,14,16,23,25,32-34,37,39,41H,12-13,15,17-22,24H2,1-3H3,(H,43,47)(H,45,50)(H,48,49)/t32-,33?,34?,37-,39-,41+/m0/s1. The van der Waals surface area contributed by atoms with Crippen molar-refractivity contribution in [1.82, 2.24) is 19.9 Å². The highest BCUT2D eigenvalue weighted by molar-refractivity contribution is 7.89. The maximum Gasteiger partial charge on any atom is 0.407 e. The summed E-state index contributed by atoms with van der Waals surface area (Å²) in [6.45, 7) is 5.36. The molecule has 2 fully saturated rings. The predicted octanol–water partition coefficient (Wildman–Crippen LogP) is 4.97. The van der Waals surface area contributed by atoms with Gasteiger partial charge in [0.05, 0.1) is 41.3 Å². The molecule has 0 aliphatic carbocycles. The number of aryl methyl sites for hydroxylation is 1. The van der Waals surface area contributed by atoms with Crippen LogP contribution in [0, 0.1) is 24.7 Å². The molecule has 17 nitrogen and oxygen atoms in total. The van der Waals surface area contributed by atoms with Crippen molar-refractivity contribution in [3.8, 4) is 17.2 Å². The summed E-state index contributed by atoms with van der Waals surface area (Å²) in [6.07, 6.45) is -3.19. The molecule has 6 atom stereocenters. The molecule has 2 amide bonds. The zero-order valence-electron chi connectivity index (χ0n) is 34.4. The van der Waals surface area contributed by atoms with Gasteiger partial charge in [0.1, 0.15) is 25.1 Å². The number of nitrogens with zero attached hydrogens (tertiary/aromatic N) is 2. The molecule has 2 saturated heterocycles. The van der Waals surface area contributed by atoms with Crippen LogP contribution in [0.2, 0.25) is 0 Å². The second-order valence-corrected chi connectivity index (χ2v) is 19.6. The van der Waals surface area contributed by atoms with Crippen LogP contribution in [0.5, 0.6) is 17.2 Å². The number of fused-ring (bicyclic) bond motifs is 2. The third-order valence-corrected chi connectivity index (χ3v) is 14.1. The van der Waals surface area contributed by atoms with Crippen LogP contribution in [-0.2, 0) is 58.1 Å². The molecule has 7 rings (SSSR count). The number of sulfonamides is 1. The number of thiophene rings is 1. The minimum Gasteiger partial charge on any atom is -0.487 e. The third kappa shape index (κ3) is 11.6. The van der Waals surface area contributed by atoms with Gasteiger partial charge in [-0.15, -0.1) is 22.7 Å². The summed E-state index contributed by atoms with van der Waals surface area (Å²) in [5.74, 6) is -2.60. The molecule has 62 heavy (non-hydrogen) atoms. The van der Waals surface area contributed by atoms with Crippen molar-refractivity contribution < 1.29 is 61.1 Å². The Hall–Kier alpha value is -4.83. The lowest BCUT2D eigenvalue weighted by atomic mass is 9.88. The van der Waals surface area contributed by atoms with Crippen molar-refractivity contribution in [3.05, 3.63) is 86.5 Å². The van der Waals surface area contributed by atoms with Crippen LogP contribution in [-0.4, -0.2) is 105 Å². The first-order valence-electron chi connectivity index (χ1n) is 20.2. The fourth-order valence-corrected chi connectivity index (χ4v) is 10.4. The van der Waals surface area contributed by atoms with Crippen LogP contribution in [0.25, 0.3) is 0 Å². The van der Waals surface area contributed by atoms with Gasteiger partial charge in [0.2, 0.25) is 22.7 Å². The van der Waals surface area contributed by atoms with Gasteiger partial charge >= 0.3 is 12.1 Å². The Morgan fingerprint density at radius 1 is 1.03 bits per heavy atom. The van der Waals surface area contributed by atoms with E-state index < -0.39 is 71.6 Å². The summed E-state index contributed by atoms with van der Waals surface area (Å²) in [5.41, 5.74) is 1.43. The topological polar surface area (TPSA) is 210 Å². The van der Waals surface area contributed by atoms with E-state index in [1.165, 1.54) is 45.2 Å². The van der Waals surface area contributed by atoms with E-state index in [9.17, 15) is 27.9 Å². The molecule has 2 aromatic carbocycles. The number of alkyl carbamates (subject to hydrolysis) is 1. The summed E-state index contributed by atoms with van der Waals surface area (Å²) < 4.78 is 70.4. The van der Waals surface area contributed by atoms with Gasteiger partial charge in [-0.25, -0.2) is 23.0 Å². The van der Waals surface area contributed by atoms with E-state index >= 15 is 0 Å². The average Bonchev–Trinajstić information content (AvgIpc) is 4.10. The Morgan fingerprint density at radius 3 is 2.56 bits per heavy atom. The first-order chi connectivity index (χ1) is 29.8. The molecular formula is C42H50N4O13S3. The van der Waals surface area contributed by atoms with Gasteiger partial charge < -0.3 is 48.9 Å². The number of carbonyl (C=O) groups is 3. The van der Waals surface area contributed by atoms with E-state index in [4.69, 9.17) is 33.2 Å². The van der Waals surface area contributed by atoms with Crippen LogP contribution in [0.4, 0.5) is 4.79 Å². The summed E-state index contributed by atoms with van der Waals surface area (Å²) in [5, 5.41) is 21.2. The summed E-state index contributed by atoms with van der Waals surface area (Å²) in [4.78, 5) is 45.7. The van der Waals surface area contributed by atoms with Crippen molar-refractivity contribution in [2.45, 2.75) is 76.2 Å². The fraction of sp³-hybridized carbons (Fsp3) is 0.476.